The minimum absolute atomic E-state index is 0.182. The number of fused-ring (bicyclic) bond motifs is 1. The number of hydrogen-bond donors (Lipinski definition) is 1. The van der Waals surface area contributed by atoms with Crippen LogP contribution in [0.15, 0.2) is 30.3 Å². The van der Waals surface area contributed by atoms with E-state index in [1.807, 2.05) is 18.2 Å². The second-order valence-electron chi connectivity index (χ2n) is 6.98. The number of ether oxygens (including phenoxy) is 5. The Bertz CT molecular complexity index is 938. The van der Waals surface area contributed by atoms with Gasteiger partial charge in [0.1, 0.15) is 0 Å². The Morgan fingerprint density at radius 2 is 1.74 bits per heavy atom. The highest BCUT2D eigenvalue weighted by atomic mass is 16.7. The number of hydrogen-bond acceptors (Lipinski definition) is 7. The van der Waals surface area contributed by atoms with Crippen molar-refractivity contribution >= 4 is 11.6 Å². The van der Waals surface area contributed by atoms with Crippen molar-refractivity contribution in [3.63, 3.8) is 0 Å². The lowest BCUT2D eigenvalue weighted by Crippen LogP contribution is -2.02. The summed E-state index contributed by atoms with van der Waals surface area (Å²) in [6.45, 7) is 0.921. The van der Waals surface area contributed by atoms with Crippen LogP contribution in [-0.4, -0.2) is 39.3 Å². The van der Waals surface area contributed by atoms with E-state index in [-0.39, 0.29) is 13.4 Å². The molecule has 2 aromatic rings. The second kappa shape index (κ2) is 11.1. The molecule has 7 nitrogen and oxygen atoms in total. The van der Waals surface area contributed by atoms with Crippen LogP contribution in [-0.2, 0) is 0 Å². The molecule has 0 unspecified atom stereocenters. The summed E-state index contributed by atoms with van der Waals surface area (Å²) < 4.78 is 27.7. The largest absolute Gasteiger partial charge is 0.493 e. The fourth-order valence-electron chi connectivity index (χ4n) is 3.28. The van der Waals surface area contributed by atoms with E-state index in [9.17, 15) is 5.26 Å². The molecule has 0 amide bonds. The van der Waals surface area contributed by atoms with E-state index in [4.69, 9.17) is 28.8 Å². The molecule has 0 fully saturated rings. The summed E-state index contributed by atoms with van der Waals surface area (Å²) >= 11 is 0. The fraction of sp³-hybridized carbons (Fsp3) is 0.375. The summed E-state index contributed by atoms with van der Waals surface area (Å²) in [5.41, 5.74) is 1.95. The van der Waals surface area contributed by atoms with Gasteiger partial charge in [-0.15, -0.1) is 0 Å². The van der Waals surface area contributed by atoms with Crippen LogP contribution in [0.5, 0.6) is 28.7 Å². The van der Waals surface area contributed by atoms with Gasteiger partial charge in [-0.3, -0.25) is 0 Å². The van der Waals surface area contributed by atoms with E-state index >= 15 is 0 Å². The van der Waals surface area contributed by atoms with Crippen molar-refractivity contribution in [2.75, 3.05) is 34.2 Å². The molecule has 0 saturated heterocycles. The van der Waals surface area contributed by atoms with Gasteiger partial charge in [-0.1, -0.05) is 6.42 Å². The van der Waals surface area contributed by atoms with Crippen molar-refractivity contribution in [2.45, 2.75) is 25.7 Å². The van der Waals surface area contributed by atoms with Gasteiger partial charge in [0.25, 0.3) is 0 Å². The molecule has 0 saturated carbocycles. The summed E-state index contributed by atoms with van der Waals surface area (Å²) in [7, 11) is 3.14. The quantitative estimate of drug-likeness (QED) is 0.324. The first kappa shape index (κ1) is 22.3. The molecule has 0 aromatic heterocycles. The molecule has 1 aliphatic heterocycles. The number of methoxy groups -OCH3 is 2. The van der Waals surface area contributed by atoms with Crippen LogP contribution < -0.4 is 23.7 Å². The summed E-state index contributed by atoms with van der Waals surface area (Å²) in [5, 5.41) is 18.6. The molecule has 0 bridgehead atoms. The molecular weight excluding hydrogens is 398 g/mol. The Hall–Kier alpha value is -3.37. The average molecular weight is 425 g/mol. The Labute approximate surface area is 182 Å². The Kier molecular flexibility index (Phi) is 8.02. The lowest BCUT2D eigenvalue weighted by atomic mass is 10.0. The maximum absolute atomic E-state index is 9.71. The lowest BCUT2D eigenvalue weighted by molar-refractivity contribution is 0.174. The van der Waals surface area contributed by atoms with Crippen LogP contribution in [0, 0.1) is 11.3 Å². The number of allylic oxidation sites excluding steroid dienone is 1. The number of benzene rings is 2. The molecule has 1 heterocycles. The molecular formula is C24H27NO6. The van der Waals surface area contributed by atoms with Gasteiger partial charge < -0.3 is 28.8 Å². The van der Waals surface area contributed by atoms with Crippen LogP contribution in [0.4, 0.5) is 0 Å². The standard InChI is InChI=1S/C24H27NO6/c1-27-22-12-17(13-23(28-2)24(22)29-10-6-4-3-5-9-26)11-19(15-25)18-7-8-20-21(14-18)31-16-30-20/h7-8,11-14,26H,3-6,9-10,16H2,1-2H3. The van der Waals surface area contributed by atoms with Gasteiger partial charge in [0.2, 0.25) is 12.5 Å². The first-order chi connectivity index (χ1) is 15.2. The smallest absolute Gasteiger partial charge is 0.231 e. The third-order valence-corrected chi connectivity index (χ3v) is 4.90. The summed E-state index contributed by atoms with van der Waals surface area (Å²) in [4.78, 5) is 0. The molecule has 1 N–H and O–H groups in total. The van der Waals surface area contributed by atoms with Gasteiger partial charge in [0.05, 0.1) is 32.5 Å². The summed E-state index contributed by atoms with van der Waals surface area (Å²) in [6.07, 6.45) is 5.39. The van der Waals surface area contributed by atoms with Crippen LogP contribution in [0.2, 0.25) is 0 Å². The molecule has 31 heavy (non-hydrogen) atoms. The minimum Gasteiger partial charge on any atom is -0.493 e. The molecule has 1 aliphatic rings. The Morgan fingerprint density at radius 3 is 2.42 bits per heavy atom. The highest BCUT2D eigenvalue weighted by Crippen LogP contribution is 2.40. The number of unbranched alkanes of at least 4 members (excludes halogenated alkanes) is 3. The van der Waals surface area contributed by atoms with Crippen LogP contribution in [0.1, 0.15) is 36.8 Å². The average Bonchev–Trinajstić information content (AvgIpc) is 3.27. The van der Waals surface area contributed by atoms with Gasteiger partial charge in [-0.05, 0) is 66.8 Å². The van der Waals surface area contributed by atoms with E-state index in [0.29, 0.717) is 40.9 Å². The van der Waals surface area contributed by atoms with Gasteiger partial charge in [-0.25, -0.2) is 0 Å². The molecule has 0 atom stereocenters. The zero-order valence-electron chi connectivity index (χ0n) is 17.8. The maximum atomic E-state index is 9.71. The maximum Gasteiger partial charge on any atom is 0.231 e. The molecule has 0 radical (unpaired) electrons. The SMILES string of the molecule is COc1cc(C=C(C#N)c2ccc3c(c2)OCO3)cc(OC)c1OCCCCCCO. The number of nitrogens with zero attached hydrogens (tertiary/aromatic N) is 1. The van der Waals surface area contributed by atoms with Gasteiger partial charge in [-0.2, -0.15) is 5.26 Å². The number of nitriles is 1. The predicted molar refractivity (Wildman–Crippen MR) is 117 cm³/mol. The molecule has 7 heteroatoms. The highest BCUT2D eigenvalue weighted by molar-refractivity contribution is 5.90. The predicted octanol–water partition coefficient (Wildman–Crippen LogP) is 4.43. The highest BCUT2D eigenvalue weighted by Gasteiger charge is 2.17. The van der Waals surface area contributed by atoms with Crippen molar-refractivity contribution < 1.29 is 28.8 Å². The van der Waals surface area contributed by atoms with Crippen molar-refractivity contribution in [2.24, 2.45) is 0 Å². The first-order valence-corrected chi connectivity index (χ1v) is 10.2. The molecule has 0 spiro atoms. The van der Waals surface area contributed by atoms with E-state index in [0.717, 1.165) is 36.8 Å². The monoisotopic (exact) mass is 425 g/mol. The molecule has 2 aromatic carbocycles. The second-order valence-corrected chi connectivity index (χ2v) is 6.98. The third-order valence-electron chi connectivity index (χ3n) is 4.90. The topological polar surface area (TPSA) is 90.2 Å². The van der Waals surface area contributed by atoms with E-state index in [1.165, 1.54) is 0 Å². The minimum atomic E-state index is 0.182. The number of aliphatic hydroxyl groups excluding tert-OH is 1. The number of aliphatic hydroxyl groups is 1. The molecule has 164 valence electrons. The Balaban J connectivity index is 1.81. The van der Waals surface area contributed by atoms with Crippen molar-refractivity contribution in [1.82, 2.24) is 0 Å². The van der Waals surface area contributed by atoms with Crippen LogP contribution in [0.25, 0.3) is 11.6 Å². The van der Waals surface area contributed by atoms with E-state index in [1.54, 1.807) is 32.4 Å². The number of rotatable bonds is 11. The fourth-order valence-corrected chi connectivity index (χ4v) is 3.28. The van der Waals surface area contributed by atoms with Crippen LogP contribution >= 0.6 is 0 Å². The van der Waals surface area contributed by atoms with Crippen LogP contribution in [0.3, 0.4) is 0 Å². The normalized spacial score (nSPS) is 12.4. The Morgan fingerprint density at radius 1 is 1.03 bits per heavy atom. The van der Waals surface area contributed by atoms with Gasteiger partial charge in [0.15, 0.2) is 23.0 Å². The van der Waals surface area contributed by atoms with Crippen molar-refractivity contribution in [1.29, 1.82) is 5.26 Å². The van der Waals surface area contributed by atoms with E-state index < -0.39 is 0 Å². The van der Waals surface area contributed by atoms with E-state index in [2.05, 4.69) is 6.07 Å². The van der Waals surface area contributed by atoms with Crippen molar-refractivity contribution in [3.05, 3.63) is 41.5 Å². The summed E-state index contributed by atoms with van der Waals surface area (Å²) in [6, 6.07) is 11.3. The van der Waals surface area contributed by atoms with Gasteiger partial charge in [0, 0.05) is 6.61 Å². The molecule has 3 rings (SSSR count). The van der Waals surface area contributed by atoms with Crippen molar-refractivity contribution in [3.8, 4) is 34.8 Å². The zero-order chi connectivity index (χ0) is 22.1. The third kappa shape index (κ3) is 5.62. The first-order valence-electron chi connectivity index (χ1n) is 10.2. The molecule has 0 aliphatic carbocycles. The van der Waals surface area contributed by atoms with Gasteiger partial charge >= 0.3 is 0 Å². The summed E-state index contributed by atoms with van der Waals surface area (Å²) in [5.74, 6) is 2.89. The zero-order valence-corrected chi connectivity index (χ0v) is 17.8. The lowest BCUT2D eigenvalue weighted by Gasteiger charge is -2.15.